The van der Waals surface area contributed by atoms with E-state index >= 15 is 0 Å². The lowest BCUT2D eigenvalue weighted by molar-refractivity contribution is -0.126. The Labute approximate surface area is 168 Å². The molecule has 1 fully saturated rings. The zero-order valence-corrected chi connectivity index (χ0v) is 16.9. The summed E-state index contributed by atoms with van der Waals surface area (Å²) in [5.74, 6) is -0.486. The van der Waals surface area contributed by atoms with E-state index in [9.17, 15) is 9.59 Å². The lowest BCUT2D eigenvalue weighted by Gasteiger charge is -2.37. The van der Waals surface area contributed by atoms with Crippen LogP contribution in [0.25, 0.3) is 10.9 Å². The molecule has 1 aromatic carbocycles. The molecule has 2 heterocycles. The molecule has 6 nitrogen and oxygen atoms in total. The van der Waals surface area contributed by atoms with E-state index in [2.05, 4.69) is 10.3 Å². The molecule has 0 bridgehead atoms. The first-order valence-electron chi connectivity index (χ1n) is 8.96. The van der Waals surface area contributed by atoms with Gasteiger partial charge < -0.3 is 19.9 Å². The molecule has 0 saturated carbocycles. The van der Waals surface area contributed by atoms with Crippen LogP contribution >= 0.6 is 23.2 Å². The number of ether oxygens (including phenoxy) is 1. The summed E-state index contributed by atoms with van der Waals surface area (Å²) in [6, 6.07) is 5.31. The van der Waals surface area contributed by atoms with Crippen molar-refractivity contribution in [2.24, 2.45) is 5.92 Å². The third kappa shape index (κ3) is 4.23. The van der Waals surface area contributed by atoms with Gasteiger partial charge in [-0.15, -0.1) is 0 Å². The Hall–Kier alpha value is -1.76. The third-order valence-corrected chi connectivity index (χ3v) is 5.66. The van der Waals surface area contributed by atoms with E-state index in [1.165, 1.54) is 0 Å². The van der Waals surface area contributed by atoms with Gasteiger partial charge in [0.15, 0.2) is 0 Å². The number of amides is 2. The van der Waals surface area contributed by atoms with Gasteiger partial charge in [-0.3, -0.25) is 9.59 Å². The molecule has 3 rings (SSSR count). The molecule has 0 unspecified atom stereocenters. The fourth-order valence-corrected chi connectivity index (χ4v) is 3.90. The predicted octanol–water partition coefficient (Wildman–Crippen LogP) is 3.48. The maximum absolute atomic E-state index is 13.1. The number of rotatable bonds is 5. The van der Waals surface area contributed by atoms with E-state index in [-0.39, 0.29) is 23.8 Å². The smallest absolute Gasteiger partial charge is 0.272 e. The van der Waals surface area contributed by atoms with Crippen molar-refractivity contribution in [2.45, 2.75) is 25.8 Å². The minimum absolute atomic E-state index is 0.0339. The van der Waals surface area contributed by atoms with Crippen LogP contribution in [-0.2, 0) is 9.53 Å². The molecule has 1 aromatic heterocycles. The van der Waals surface area contributed by atoms with Gasteiger partial charge in [0.05, 0.1) is 17.5 Å². The number of hydrogen-bond acceptors (Lipinski definition) is 3. The van der Waals surface area contributed by atoms with Crippen LogP contribution < -0.4 is 5.32 Å². The highest BCUT2D eigenvalue weighted by Crippen LogP contribution is 2.32. The van der Waals surface area contributed by atoms with Crippen LogP contribution in [0, 0.1) is 5.92 Å². The molecular formula is C19H23Cl2N3O3. The maximum atomic E-state index is 13.1. The van der Waals surface area contributed by atoms with Gasteiger partial charge in [-0.25, -0.2) is 0 Å². The molecular weight excluding hydrogens is 389 g/mol. The number of halogens is 2. The summed E-state index contributed by atoms with van der Waals surface area (Å²) < 4.78 is 4.96. The molecule has 0 radical (unpaired) electrons. The number of hydrogen-bond donors (Lipinski definition) is 2. The van der Waals surface area contributed by atoms with E-state index in [4.69, 9.17) is 27.9 Å². The number of aromatic amines is 1. The minimum Gasteiger partial charge on any atom is -0.383 e. The highest BCUT2D eigenvalue weighted by atomic mass is 35.5. The number of benzene rings is 1. The average Bonchev–Trinajstić information content (AvgIpc) is 2.98. The maximum Gasteiger partial charge on any atom is 0.272 e. The number of likely N-dealkylation sites (tertiary alicyclic amines) is 1. The number of fused-ring (bicyclic) bond motifs is 1. The lowest BCUT2D eigenvalue weighted by Crippen LogP contribution is -2.49. The van der Waals surface area contributed by atoms with Crippen molar-refractivity contribution in [3.63, 3.8) is 0 Å². The van der Waals surface area contributed by atoms with Gasteiger partial charge in [0, 0.05) is 42.2 Å². The predicted molar refractivity (Wildman–Crippen MR) is 106 cm³/mol. The van der Waals surface area contributed by atoms with Crippen LogP contribution in [0.5, 0.6) is 0 Å². The van der Waals surface area contributed by atoms with Crippen molar-refractivity contribution in [3.8, 4) is 0 Å². The van der Waals surface area contributed by atoms with E-state index in [1.54, 1.807) is 30.2 Å². The molecule has 2 N–H and O–H groups in total. The van der Waals surface area contributed by atoms with Crippen LogP contribution in [0.4, 0.5) is 0 Å². The highest BCUT2D eigenvalue weighted by molar-refractivity contribution is 6.39. The number of nitrogens with zero attached hydrogens (tertiary/aromatic N) is 1. The van der Waals surface area contributed by atoms with Gasteiger partial charge >= 0.3 is 0 Å². The first-order chi connectivity index (χ1) is 12.9. The standard InChI is InChI=1S/C19H23Cl2N3O3/c1-11-3-4-12(18(25)22-7-8-27-2)10-24(11)19(26)17-16(21)14-9-13(20)5-6-15(14)23-17/h5-6,9,11-12,23H,3-4,7-8,10H2,1-2H3,(H,22,25)/t11-,12+/m1/s1. The molecule has 146 valence electrons. The van der Waals surface area contributed by atoms with Crippen molar-refractivity contribution < 1.29 is 14.3 Å². The number of carbonyl (C=O) groups is 2. The van der Waals surface area contributed by atoms with Crippen molar-refractivity contribution >= 4 is 45.9 Å². The summed E-state index contributed by atoms with van der Waals surface area (Å²) in [5, 5.41) is 4.48. The summed E-state index contributed by atoms with van der Waals surface area (Å²) in [7, 11) is 1.59. The zero-order chi connectivity index (χ0) is 19.6. The number of piperidine rings is 1. The third-order valence-electron chi connectivity index (χ3n) is 5.03. The van der Waals surface area contributed by atoms with Crippen LogP contribution in [-0.4, -0.2) is 54.5 Å². The lowest BCUT2D eigenvalue weighted by atomic mass is 9.92. The zero-order valence-electron chi connectivity index (χ0n) is 15.4. The Morgan fingerprint density at radius 1 is 1.33 bits per heavy atom. The highest BCUT2D eigenvalue weighted by Gasteiger charge is 2.34. The second-order valence-corrected chi connectivity index (χ2v) is 7.68. The molecule has 1 aliphatic heterocycles. The summed E-state index contributed by atoms with van der Waals surface area (Å²) >= 11 is 12.5. The normalized spacial score (nSPS) is 20.1. The second kappa shape index (κ2) is 8.50. The fraction of sp³-hybridized carbons (Fsp3) is 0.474. The van der Waals surface area contributed by atoms with E-state index in [0.29, 0.717) is 40.8 Å². The van der Waals surface area contributed by atoms with Gasteiger partial charge in [-0.1, -0.05) is 23.2 Å². The molecule has 0 aliphatic carbocycles. The molecule has 2 amide bonds. The molecule has 2 aromatic rings. The molecule has 8 heteroatoms. The summed E-state index contributed by atoms with van der Waals surface area (Å²) in [5.41, 5.74) is 1.09. The van der Waals surface area contributed by atoms with Crippen molar-refractivity contribution in [1.29, 1.82) is 0 Å². The SMILES string of the molecule is COCCNC(=O)[C@H]1CC[C@@H](C)N(C(=O)c2[nH]c3ccc(Cl)cc3c2Cl)C1. The van der Waals surface area contributed by atoms with Gasteiger partial charge in [-0.2, -0.15) is 0 Å². The van der Waals surface area contributed by atoms with E-state index in [0.717, 1.165) is 18.4 Å². The van der Waals surface area contributed by atoms with Gasteiger partial charge in [-0.05, 0) is 38.0 Å². The minimum atomic E-state index is -0.236. The quantitative estimate of drug-likeness (QED) is 0.739. The molecule has 27 heavy (non-hydrogen) atoms. The Morgan fingerprint density at radius 3 is 2.85 bits per heavy atom. The Balaban J connectivity index is 1.78. The molecule has 1 aliphatic rings. The molecule has 1 saturated heterocycles. The Bertz CT molecular complexity index is 852. The van der Waals surface area contributed by atoms with Crippen LogP contribution in [0.15, 0.2) is 18.2 Å². The number of nitrogens with one attached hydrogen (secondary N) is 2. The van der Waals surface area contributed by atoms with E-state index < -0.39 is 0 Å². The second-order valence-electron chi connectivity index (χ2n) is 6.87. The van der Waals surface area contributed by atoms with Crippen molar-refractivity contribution in [2.75, 3.05) is 26.8 Å². The van der Waals surface area contributed by atoms with E-state index in [1.807, 2.05) is 6.92 Å². The average molecular weight is 412 g/mol. The summed E-state index contributed by atoms with van der Waals surface area (Å²) in [6.07, 6.45) is 1.51. The van der Waals surface area contributed by atoms with Crippen LogP contribution in [0.2, 0.25) is 10.0 Å². The van der Waals surface area contributed by atoms with Crippen molar-refractivity contribution in [3.05, 3.63) is 33.9 Å². The fourth-order valence-electron chi connectivity index (χ4n) is 3.45. The van der Waals surface area contributed by atoms with Crippen LogP contribution in [0.1, 0.15) is 30.3 Å². The largest absolute Gasteiger partial charge is 0.383 e. The Morgan fingerprint density at radius 2 is 2.11 bits per heavy atom. The first-order valence-corrected chi connectivity index (χ1v) is 9.72. The number of H-pyrrole nitrogens is 1. The van der Waals surface area contributed by atoms with Gasteiger partial charge in [0.1, 0.15) is 5.69 Å². The molecule has 2 atom stereocenters. The monoisotopic (exact) mass is 411 g/mol. The van der Waals surface area contributed by atoms with Crippen molar-refractivity contribution in [1.82, 2.24) is 15.2 Å². The number of carbonyl (C=O) groups excluding carboxylic acids is 2. The Kier molecular flexibility index (Phi) is 6.29. The van der Waals surface area contributed by atoms with Crippen LogP contribution in [0.3, 0.4) is 0 Å². The van der Waals surface area contributed by atoms with Gasteiger partial charge in [0.25, 0.3) is 5.91 Å². The summed E-state index contributed by atoms with van der Waals surface area (Å²) in [6.45, 7) is 3.28. The number of aromatic nitrogens is 1. The first kappa shape index (κ1) is 20.0. The topological polar surface area (TPSA) is 74.4 Å². The molecule has 0 spiro atoms. The summed E-state index contributed by atoms with van der Waals surface area (Å²) in [4.78, 5) is 30.3. The van der Waals surface area contributed by atoms with Gasteiger partial charge in [0.2, 0.25) is 5.91 Å². The number of methoxy groups -OCH3 is 1.